The van der Waals surface area contributed by atoms with E-state index < -0.39 is 0 Å². The number of hydrogen-bond acceptors (Lipinski definition) is 3. The van der Waals surface area contributed by atoms with Gasteiger partial charge in [0.15, 0.2) is 5.78 Å². The molecule has 1 aromatic heterocycles. The summed E-state index contributed by atoms with van der Waals surface area (Å²) in [7, 11) is 1.54. The van der Waals surface area contributed by atoms with Crippen molar-refractivity contribution in [2.45, 2.75) is 6.42 Å². The molecule has 5 heteroatoms. The van der Waals surface area contributed by atoms with Crippen LogP contribution in [0.5, 0.6) is 5.88 Å². The Morgan fingerprint density at radius 3 is 2.58 bits per heavy atom. The lowest BCUT2D eigenvalue weighted by atomic mass is 10.0. The Morgan fingerprint density at radius 1 is 1.21 bits per heavy atom. The molecule has 0 spiro atoms. The Kier molecular flexibility index (Phi) is 4.40. The number of aromatic nitrogens is 1. The second kappa shape index (κ2) is 6.04. The molecule has 0 bridgehead atoms. The van der Waals surface area contributed by atoms with Crippen LogP contribution in [0.1, 0.15) is 15.9 Å². The van der Waals surface area contributed by atoms with Crippen molar-refractivity contribution in [1.82, 2.24) is 4.98 Å². The van der Waals surface area contributed by atoms with Crippen molar-refractivity contribution >= 4 is 29.0 Å². The highest BCUT2D eigenvalue weighted by atomic mass is 35.5. The number of rotatable bonds is 4. The molecule has 2 rings (SSSR count). The molecule has 3 nitrogen and oxygen atoms in total. The monoisotopic (exact) mass is 295 g/mol. The van der Waals surface area contributed by atoms with Gasteiger partial charge in [0.05, 0.1) is 17.2 Å². The first-order valence-corrected chi connectivity index (χ1v) is 6.33. The Bertz CT molecular complexity index is 597. The minimum atomic E-state index is -0.0365. The molecular formula is C14H11Cl2NO2. The van der Waals surface area contributed by atoms with Gasteiger partial charge in [-0.3, -0.25) is 4.79 Å². The van der Waals surface area contributed by atoms with Crippen molar-refractivity contribution in [3.05, 3.63) is 57.7 Å². The number of carbonyl (C=O) groups is 1. The van der Waals surface area contributed by atoms with E-state index in [1.807, 2.05) is 0 Å². The van der Waals surface area contributed by atoms with Gasteiger partial charge in [0, 0.05) is 24.2 Å². The predicted octanol–water partition coefficient (Wildman–Crippen LogP) is 3.82. The Balaban J connectivity index is 2.13. The third-order valence-corrected chi connectivity index (χ3v) is 3.35. The predicted molar refractivity (Wildman–Crippen MR) is 75.3 cm³/mol. The zero-order chi connectivity index (χ0) is 13.8. The molecule has 1 heterocycles. The standard InChI is InChI=1S/C14H11Cl2NO2/c1-19-14-5-2-9(8-17-14)6-13(18)10-3-4-11(15)12(16)7-10/h2-5,7-8H,6H2,1H3. The van der Waals surface area contributed by atoms with E-state index in [1.165, 1.54) is 0 Å². The molecule has 0 fully saturated rings. The fourth-order valence-electron chi connectivity index (χ4n) is 1.59. The fourth-order valence-corrected chi connectivity index (χ4v) is 1.89. The number of halogens is 2. The number of nitrogens with zero attached hydrogens (tertiary/aromatic N) is 1. The first kappa shape index (κ1) is 13.8. The van der Waals surface area contributed by atoms with Gasteiger partial charge in [0.2, 0.25) is 5.88 Å². The van der Waals surface area contributed by atoms with Gasteiger partial charge in [-0.25, -0.2) is 4.98 Å². The highest BCUT2D eigenvalue weighted by molar-refractivity contribution is 6.42. The van der Waals surface area contributed by atoms with Crippen molar-refractivity contribution in [2.24, 2.45) is 0 Å². The number of pyridine rings is 1. The molecule has 0 radical (unpaired) electrons. The number of methoxy groups -OCH3 is 1. The van der Waals surface area contributed by atoms with Crippen LogP contribution in [0.25, 0.3) is 0 Å². The Hall–Kier alpha value is -1.58. The van der Waals surface area contributed by atoms with E-state index in [9.17, 15) is 4.79 Å². The maximum absolute atomic E-state index is 12.1. The van der Waals surface area contributed by atoms with Crippen LogP contribution in [-0.4, -0.2) is 17.9 Å². The molecule has 0 saturated heterocycles. The van der Waals surface area contributed by atoms with Gasteiger partial charge in [-0.2, -0.15) is 0 Å². The maximum Gasteiger partial charge on any atom is 0.212 e. The average molecular weight is 296 g/mol. The topological polar surface area (TPSA) is 39.2 Å². The van der Waals surface area contributed by atoms with Gasteiger partial charge in [-0.05, 0) is 23.8 Å². The SMILES string of the molecule is COc1ccc(CC(=O)c2ccc(Cl)c(Cl)c2)cn1. The van der Waals surface area contributed by atoms with Crippen LogP contribution in [0, 0.1) is 0 Å². The smallest absolute Gasteiger partial charge is 0.212 e. The molecule has 0 aliphatic rings. The fraction of sp³-hybridized carbons (Fsp3) is 0.143. The van der Waals surface area contributed by atoms with Crippen LogP contribution in [0.4, 0.5) is 0 Å². The minimum absolute atomic E-state index is 0.0365. The lowest BCUT2D eigenvalue weighted by Gasteiger charge is -2.04. The summed E-state index contributed by atoms with van der Waals surface area (Å²) in [6, 6.07) is 8.37. The van der Waals surface area contributed by atoms with E-state index in [1.54, 1.807) is 43.6 Å². The van der Waals surface area contributed by atoms with E-state index in [2.05, 4.69) is 4.98 Å². The summed E-state index contributed by atoms with van der Waals surface area (Å²) in [6.07, 6.45) is 1.88. The van der Waals surface area contributed by atoms with Gasteiger partial charge < -0.3 is 4.74 Å². The third-order valence-electron chi connectivity index (χ3n) is 2.61. The van der Waals surface area contributed by atoms with Gasteiger partial charge >= 0.3 is 0 Å². The van der Waals surface area contributed by atoms with Crippen molar-refractivity contribution in [3.8, 4) is 5.88 Å². The minimum Gasteiger partial charge on any atom is -0.481 e. The van der Waals surface area contributed by atoms with Gasteiger partial charge in [0.25, 0.3) is 0 Å². The molecule has 0 unspecified atom stereocenters. The van der Waals surface area contributed by atoms with Crippen molar-refractivity contribution in [3.63, 3.8) is 0 Å². The highest BCUT2D eigenvalue weighted by Gasteiger charge is 2.09. The van der Waals surface area contributed by atoms with Gasteiger partial charge in [-0.15, -0.1) is 0 Å². The first-order chi connectivity index (χ1) is 9.10. The zero-order valence-electron chi connectivity index (χ0n) is 10.2. The molecule has 0 aliphatic heterocycles. The summed E-state index contributed by atoms with van der Waals surface area (Å²) in [4.78, 5) is 16.1. The largest absolute Gasteiger partial charge is 0.481 e. The maximum atomic E-state index is 12.1. The van der Waals surface area contributed by atoms with E-state index in [4.69, 9.17) is 27.9 Å². The number of carbonyl (C=O) groups excluding carboxylic acids is 1. The number of ketones is 1. The number of hydrogen-bond donors (Lipinski definition) is 0. The molecule has 0 N–H and O–H groups in total. The van der Waals surface area contributed by atoms with Crippen LogP contribution < -0.4 is 4.74 Å². The number of benzene rings is 1. The first-order valence-electron chi connectivity index (χ1n) is 5.57. The van der Waals surface area contributed by atoms with Crippen molar-refractivity contribution < 1.29 is 9.53 Å². The lowest BCUT2D eigenvalue weighted by Crippen LogP contribution is -2.04. The van der Waals surface area contributed by atoms with Crippen LogP contribution in [0.3, 0.4) is 0 Å². The van der Waals surface area contributed by atoms with E-state index in [-0.39, 0.29) is 12.2 Å². The van der Waals surface area contributed by atoms with Crippen LogP contribution in [0.15, 0.2) is 36.5 Å². The molecule has 19 heavy (non-hydrogen) atoms. The van der Waals surface area contributed by atoms with Gasteiger partial charge in [0.1, 0.15) is 0 Å². The molecule has 1 aromatic carbocycles. The molecule has 0 saturated carbocycles. The summed E-state index contributed by atoms with van der Waals surface area (Å²) in [6.45, 7) is 0. The molecule has 2 aromatic rings. The second-order valence-corrected chi connectivity index (χ2v) is 4.75. The Morgan fingerprint density at radius 2 is 2.00 bits per heavy atom. The normalized spacial score (nSPS) is 10.3. The number of Topliss-reactive ketones (excluding diaryl/α,β-unsaturated/α-hetero) is 1. The lowest BCUT2D eigenvalue weighted by molar-refractivity contribution is 0.0993. The molecule has 98 valence electrons. The zero-order valence-corrected chi connectivity index (χ0v) is 11.7. The summed E-state index contributed by atoms with van der Waals surface area (Å²) in [5.74, 6) is 0.483. The summed E-state index contributed by atoms with van der Waals surface area (Å²) < 4.78 is 4.96. The van der Waals surface area contributed by atoms with Crippen LogP contribution >= 0.6 is 23.2 Å². The summed E-state index contributed by atoms with van der Waals surface area (Å²) in [5.41, 5.74) is 1.35. The molecule has 0 amide bonds. The third kappa shape index (κ3) is 3.46. The van der Waals surface area contributed by atoms with Gasteiger partial charge in [-0.1, -0.05) is 29.3 Å². The molecule has 0 atom stereocenters. The Labute approximate surface area is 121 Å². The van der Waals surface area contributed by atoms with E-state index >= 15 is 0 Å². The van der Waals surface area contributed by atoms with Crippen LogP contribution in [0.2, 0.25) is 10.0 Å². The average Bonchev–Trinajstić information content (AvgIpc) is 2.42. The van der Waals surface area contributed by atoms with E-state index in [0.717, 1.165) is 5.56 Å². The quantitative estimate of drug-likeness (QED) is 0.805. The summed E-state index contributed by atoms with van der Waals surface area (Å²) in [5, 5.41) is 0.810. The van der Waals surface area contributed by atoms with Crippen molar-refractivity contribution in [1.29, 1.82) is 0 Å². The summed E-state index contributed by atoms with van der Waals surface area (Å²) >= 11 is 11.7. The van der Waals surface area contributed by atoms with Crippen molar-refractivity contribution in [2.75, 3.05) is 7.11 Å². The molecule has 0 aliphatic carbocycles. The van der Waals surface area contributed by atoms with E-state index in [0.29, 0.717) is 21.5 Å². The highest BCUT2D eigenvalue weighted by Crippen LogP contribution is 2.23. The second-order valence-electron chi connectivity index (χ2n) is 3.94. The number of ether oxygens (including phenoxy) is 1. The molecular weight excluding hydrogens is 285 g/mol. The van der Waals surface area contributed by atoms with Crippen LogP contribution in [-0.2, 0) is 6.42 Å².